The third-order valence-corrected chi connectivity index (χ3v) is 10.8. The Morgan fingerprint density at radius 3 is 2.14 bits per heavy atom. The van der Waals surface area contributed by atoms with E-state index in [-0.39, 0.29) is 41.6 Å². The van der Waals surface area contributed by atoms with E-state index in [4.69, 9.17) is 21.1 Å². The number of ether oxygens (including phenoxy) is 2. The van der Waals surface area contributed by atoms with E-state index in [2.05, 4.69) is 5.32 Å². The quantitative estimate of drug-likeness (QED) is 0.148. The molecule has 4 aromatic rings. The number of benzene rings is 4. The fraction of sp³-hybridized carbons (Fsp3) is 0.333. The Kier molecular flexibility index (Phi) is 12.1. The van der Waals surface area contributed by atoms with Gasteiger partial charge in [0.1, 0.15) is 23.6 Å². The monoisotopic (exact) mass is 717 g/mol. The minimum atomic E-state index is -4.22. The van der Waals surface area contributed by atoms with Crippen molar-refractivity contribution >= 4 is 45.1 Å². The number of hydrogen-bond acceptors (Lipinski definition) is 7. The summed E-state index contributed by atoms with van der Waals surface area (Å²) in [6.45, 7) is 6.67. The van der Waals surface area contributed by atoms with Crippen molar-refractivity contribution in [2.75, 3.05) is 29.3 Å². The Morgan fingerprint density at radius 1 is 0.860 bits per heavy atom. The SMILES string of the molecule is CC(C)(C)OC(=O)N1CCC(Cc2cccc(S(=O)(=O)N(Cc3ccccc3)c3ccccc3NCC(=O)OCc3ccccc3)c2Cl)CC1. The highest BCUT2D eigenvalue weighted by atomic mass is 35.5. The Balaban J connectivity index is 1.36. The Hall–Kier alpha value is -4.54. The molecule has 0 unspecified atom stereocenters. The van der Waals surface area contributed by atoms with E-state index >= 15 is 0 Å². The van der Waals surface area contributed by atoms with Gasteiger partial charge in [0.05, 0.1) is 22.9 Å². The van der Waals surface area contributed by atoms with E-state index in [1.54, 1.807) is 35.2 Å². The number of para-hydroxylation sites is 2. The second-order valence-electron chi connectivity index (χ2n) is 13.4. The molecule has 1 aliphatic rings. The molecule has 0 radical (unpaired) electrons. The van der Waals surface area contributed by atoms with Crippen molar-refractivity contribution in [1.82, 2.24) is 4.90 Å². The predicted octanol–water partition coefficient (Wildman–Crippen LogP) is 8.08. The van der Waals surface area contributed by atoms with Crippen LogP contribution in [0.3, 0.4) is 0 Å². The van der Waals surface area contributed by atoms with Crippen molar-refractivity contribution in [2.45, 2.75) is 63.7 Å². The van der Waals surface area contributed by atoms with Crippen LogP contribution in [0.1, 0.15) is 50.3 Å². The average Bonchev–Trinajstić information content (AvgIpc) is 3.10. The first-order valence-electron chi connectivity index (χ1n) is 16.7. The van der Waals surface area contributed by atoms with Crippen LogP contribution in [0, 0.1) is 5.92 Å². The van der Waals surface area contributed by atoms with Gasteiger partial charge in [-0.25, -0.2) is 13.2 Å². The van der Waals surface area contributed by atoms with Crippen LogP contribution in [0.2, 0.25) is 5.02 Å². The second kappa shape index (κ2) is 16.4. The molecule has 1 aliphatic heterocycles. The molecule has 1 amide bonds. The lowest BCUT2D eigenvalue weighted by molar-refractivity contribution is -0.142. The standard InChI is InChI=1S/C39H44ClN3O6S/c1-39(2,3)49-38(45)42-23-21-29(22-24-42)25-32-17-12-20-35(37(32)40)50(46,47)43(27-30-13-6-4-7-14-30)34-19-11-10-18-33(34)41-26-36(44)48-28-31-15-8-5-9-16-31/h4-20,29,41H,21-28H2,1-3H3. The van der Waals surface area contributed by atoms with Crippen molar-refractivity contribution in [3.05, 3.63) is 125 Å². The van der Waals surface area contributed by atoms with E-state index in [0.717, 1.165) is 29.5 Å². The maximum atomic E-state index is 14.6. The predicted molar refractivity (Wildman–Crippen MR) is 197 cm³/mol. The van der Waals surface area contributed by atoms with Gasteiger partial charge in [0, 0.05) is 13.1 Å². The number of likely N-dealkylation sites (tertiary alicyclic amines) is 1. The molecule has 0 bridgehead atoms. The Labute approximate surface area is 300 Å². The van der Waals surface area contributed by atoms with Crippen molar-refractivity contribution < 1.29 is 27.5 Å². The molecule has 1 heterocycles. The number of halogens is 1. The van der Waals surface area contributed by atoms with Gasteiger partial charge >= 0.3 is 12.1 Å². The van der Waals surface area contributed by atoms with Crippen molar-refractivity contribution in [3.63, 3.8) is 0 Å². The summed E-state index contributed by atoms with van der Waals surface area (Å²) in [5.74, 6) is -0.259. The summed E-state index contributed by atoms with van der Waals surface area (Å²) in [5, 5.41) is 3.27. The first kappa shape index (κ1) is 36.7. The topological polar surface area (TPSA) is 105 Å². The minimum Gasteiger partial charge on any atom is -0.460 e. The van der Waals surface area contributed by atoms with Crippen molar-refractivity contribution in [3.8, 4) is 0 Å². The van der Waals surface area contributed by atoms with E-state index in [0.29, 0.717) is 30.9 Å². The van der Waals surface area contributed by atoms with Crippen LogP contribution in [0.25, 0.3) is 0 Å². The van der Waals surface area contributed by atoms with Gasteiger partial charge in [0.15, 0.2) is 0 Å². The number of anilines is 2. The van der Waals surface area contributed by atoms with Gasteiger partial charge in [-0.2, -0.15) is 0 Å². The number of carbonyl (C=O) groups is 2. The number of esters is 1. The molecule has 5 rings (SSSR count). The highest BCUT2D eigenvalue weighted by Gasteiger charge is 2.32. The minimum absolute atomic E-state index is 0.00383. The number of nitrogens with zero attached hydrogens (tertiary/aromatic N) is 2. The molecule has 1 saturated heterocycles. The van der Waals surface area contributed by atoms with Crippen LogP contribution in [0.4, 0.5) is 16.2 Å². The normalized spacial score (nSPS) is 13.8. The number of rotatable bonds is 12. The van der Waals surface area contributed by atoms with Crippen molar-refractivity contribution in [1.29, 1.82) is 0 Å². The molecule has 1 N–H and O–H groups in total. The van der Waals surface area contributed by atoms with Crippen molar-refractivity contribution in [2.24, 2.45) is 5.92 Å². The third kappa shape index (κ3) is 9.79. The van der Waals surface area contributed by atoms with Gasteiger partial charge in [0.25, 0.3) is 10.0 Å². The number of amides is 1. The molecule has 4 aromatic carbocycles. The third-order valence-electron chi connectivity index (χ3n) is 8.39. The average molecular weight is 718 g/mol. The zero-order valence-electron chi connectivity index (χ0n) is 28.7. The molecule has 0 atom stereocenters. The van der Waals surface area contributed by atoms with Gasteiger partial charge in [-0.3, -0.25) is 9.10 Å². The van der Waals surface area contributed by atoms with Crippen LogP contribution < -0.4 is 9.62 Å². The molecular formula is C39H44ClN3O6S. The van der Waals surface area contributed by atoms with Crippen LogP contribution in [-0.4, -0.2) is 50.6 Å². The van der Waals surface area contributed by atoms with E-state index in [9.17, 15) is 18.0 Å². The van der Waals surface area contributed by atoms with Crippen LogP contribution >= 0.6 is 11.6 Å². The van der Waals surface area contributed by atoms with Crippen LogP contribution in [0.5, 0.6) is 0 Å². The Morgan fingerprint density at radius 2 is 1.48 bits per heavy atom. The molecule has 50 heavy (non-hydrogen) atoms. The molecule has 9 nitrogen and oxygen atoms in total. The smallest absolute Gasteiger partial charge is 0.410 e. The maximum Gasteiger partial charge on any atom is 0.410 e. The van der Waals surface area contributed by atoms with Crippen LogP contribution in [-0.2, 0) is 43.9 Å². The van der Waals surface area contributed by atoms with Gasteiger partial charge in [-0.05, 0) is 80.8 Å². The first-order chi connectivity index (χ1) is 23.9. The lowest BCUT2D eigenvalue weighted by Crippen LogP contribution is -2.42. The second-order valence-corrected chi connectivity index (χ2v) is 15.6. The fourth-order valence-corrected chi connectivity index (χ4v) is 7.91. The molecule has 0 spiro atoms. The summed E-state index contributed by atoms with van der Waals surface area (Å²) >= 11 is 6.96. The van der Waals surface area contributed by atoms with Crippen LogP contribution in [0.15, 0.2) is 108 Å². The molecule has 0 aromatic heterocycles. The zero-order chi connectivity index (χ0) is 35.7. The molecule has 11 heteroatoms. The largest absolute Gasteiger partial charge is 0.460 e. The molecule has 1 fully saturated rings. The summed E-state index contributed by atoms with van der Waals surface area (Å²) in [5.41, 5.74) is 2.63. The number of hydrogen-bond donors (Lipinski definition) is 1. The van der Waals surface area contributed by atoms with E-state index in [1.165, 1.54) is 10.4 Å². The molecule has 264 valence electrons. The first-order valence-corrected chi connectivity index (χ1v) is 18.6. The zero-order valence-corrected chi connectivity index (χ0v) is 30.3. The van der Waals surface area contributed by atoms with E-state index in [1.807, 2.05) is 87.5 Å². The van der Waals surface area contributed by atoms with Gasteiger partial charge in [-0.1, -0.05) is 96.5 Å². The number of carbonyl (C=O) groups excluding carboxylic acids is 2. The van der Waals surface area contributed by atoms with Gasteiger partial charge < -0.3 is 19.7 Å². The summed E-state index contributed by atoms with van der Waals surface area (Å²) in [6, 6.07) is 30.8. The number of sulfonamides is 1. The Bertz CT molecular complexity index is 1860. The molecule has 0 aliphatic carbocycles. The number of piperidine rings is 1. The fourth-order valence-electron chi connectivity index (χ4n) is 5.83. The summed E-state index contributed by atoms with van der Waals surface area (Å²) < 4.78 is 41.6. The van der Waals surface area contributed by atoms with Gasteiger partial charge in [0.2, 0.25) is 0 Å². The molecule has 0 saturated carbocycles. The highest BCUT2D eigenvalue weighted by Crippen LogP contribution is 2.37. The van der Waals surface area contributed by atoms with Gasteiger partial charge in [-0.15, -0.1) is 0 Å². The number of nitrogens with one attached hydrogen (secondary N) is 1. The summed E-state index contributed by atoms with van der Waals surface area (Å²) in [6.07, 6.45) is 1.75. The summed E-state index contributed by atoms with van der Waals surface area (Å²) in [4.78, 5) is 27.0. The lowest BCUT2D eigenvalue weighted by Gasteiger charge is -2.33. The maximum absolute atomic E-state index is 14.6. The lowest BCUT2D eigenvalue weighted by atomic mass is 9.90. The van der Waals surface area contributed by atoms with E-state index < -0.39 is 21.6 Å². The highest BCUT2D eigenvalue weighted by molar-refractivity contribution is 7.93. The summed E-state index contributed by atoms with van der Waals surface area (Å²) in [7, 11) is -4.22. The molecular weight excluding hydrogens is 674 g/mol.